The molecule has 0 aromatic heterocycles. The van der Waals surface area contributed by atoms with E-state index < -0.39 is 17.7 Å². The number of hydrogen-bond donors (Lipinski definition) is 4. The molecule has 1 heterocycles. The van der Waals surface area contributed by atoms with Gasteiger partial charge in [0.05, 0.1) is 12.3 Å². The van der Waals surface area contributed by atoms with Gasteiger partial charge in [-0.1, -0.05) is 6.07 Å². The van der Waals surface area contributed by atoms with Gasteiger partial charge in [0.2, 0.25) is 0 Å². The Kier molecular flexibility index (Phi) is 4.99. The van der Waals surface area contributed by atoms with Crippen LogP contribution < -0.4 is 10.6 Å². The fourth-order valence-electron chi connectivity index (χ4n) is 2.19. The third-order valence-corrected chi connectivity index (χ3v) is 3.32. The van der Waals surface area contributed by atoms with E-state index in [2.05, 4.69) is 10.6 Å². The lowest BCUT2D eigenvalue weighted by molar-refractivity contribution is 0.0559. The number of ether oxygens (including phenoxy) is 1. The zero-order valence-electron chi connectivity index (χ0n) is 11.5. The predicted octanol–water partition coefficient (Wildman–Crippen LogP) is 1.64. The summed E-state index contributed by atoms with van der Waals surface area (Å²) in [5, 5.41) is 23.8. The molecular formula is C14H18N2O5. The number of carboxylic acid groups (broad SMARTS) is 1. The number of rotatable bonds is 4. The molecule has 21 heavy (non-hydrogen) atoms. The highest BCUT2D eigenvalue weighted by molar-refractivity contribution is 5.97. The summed E-state index contributed by atoms with van der Waals surface area (Å²) in [7, 11) is 0. The van der Waals surface area contributed by atoms with Crippen LogP contribution in [0.1, 0.15) is 23.2 Å². The number of carbonyl (C=O) groups is 2. The van der Waals surface area contributed by atoms with Crippen molar-refractivity contribution in [3.8, 4) is 5.75 Å². The molecule has 0 saturated carbocycles. The molecule has 1 unspecified atom stereocenters. The Balaban J connectivity index is 1.90. The third-order valence-electron chi connectivity index (χ3n) is 3.32. The highest BCUT2D eigenvalue weighted by Gasteiger charge is 2.17. The molecule has 1 aromatic rings. The van der Waals surface area contributed by atoms with E-state index in [4.69, 9.17) is 9.84 Å². The largest absolute Gasteiger partial charge is 0.505 e. The lowest BCUT2D eigenvalue weighted by atomic mass is 10.0. The summed E-state index contributed by atoms with van der Waals surface area (Å²) in [6.07, 6.45) is 1.98. The summed E-state index contributed by atoms with van der Waals surface area (Å²) in [6, 6.07) is 3.66. The smallest absolute Gasteiger partial charge is 0.339 e. The number of amides is 2. The summed E-state index contributed by atoms with van der Waals surface area (Å²) in [5.41, 5.74) is -0.194. The van der Waals surface area contributed by atoms with Crippen LogP contribution >= 0.6 is 0 Å². The Labute approximate surface area is 121 Å². The van der Waals surface area contributed by atoms with Crippen molar-refractivity contribution in [3.63, 3.8) is 0 Å². The number of carboxylic acids is 1. The Bertz CT molecular complexity index is 526. The maximum atomic E-state index is 11.8. The molecule has 0 aliphatic carbocycles. The van der Waals surface area contributed by atoms with Crippen molar-refractivity contribution in [2.24, 2.45) is 5.92 Å². The first-order valence-electron chi connectivity index (χ1n) is 6.76. The zero-order valence-corrected chi connectivity index (χ0v) is 11.5. The number of aromatic carboxylic acids is 1. The van der Waals surface area contributed by atoms with Crippen LogP contribution in [0.4, 0.5) is 10.5 Å². The summed E-state index contributed by atoms with van der Waals surface area (Å²) in [4.78, 5) is 22.7. The van der Waals surface area contributed by atoms with Gasteiger partial charge in [-0.05, 0) is 30.9 Å². The second-order valence-electron chi connectivity index (χ2n) is 4.93. The molecule has 7 nitrogen and oxygen atoms in total. The van der Waals surface area contributed by atoms with Crippen molar-refractivity contribution in [3.05, 3.63) is 23.8 Å². The number of benzene rings is 1. The molecule has 1 aliphatic rings. The molecule has 0 spiro atoms. The van der Waals surface area contributed by atoms with Crippen LogP contribution in [0.25, 0.3) is 0 Å². The Morgan fingerprint density at radius 2 is 2.19 bits per heavy atom. The SMILES string of the molecule is O=C(NCC1CCCOC1)Nc1cccc(C(=O)O)c1O. The van der Waals surface area contributed by atoms with Crippen LogP contribution in [0.15, 0.2) is 18.2 Å². The average Bonchev–Trinajstić information content (AvgIpc) is 2.48. The van der Waals surface area contributed by atoms with Gasteiger partial charge in [0.25, 0.3) is 0 Å². The van der Waals surface area contributed by atoms with Gasteiger partial charge in [0.1, 0.15) is 5.56 Å². The summed E-state index contributed by atoms with van der Waals surface area (Å²) >= 11 is 0. The van der Waals surface area contributed by atoms with E-state index in [0.717, 1.165) is 19.4 Å². The monoisotopic (exact) mass is 294 g/mol. The molecular weight excluding hydrogens is 276 g/mol. The molecule has 0 radical (unpaired) electrons. The number of hydrogen-bond acceptors (Lipinski definition) is 4. The first-order valence-corrected chi connectivity index (χ1v) is 6.76. The van der Waals surface area contributed by atoms with Gasteiger partial charge in [-0.3, -0.25) is 0 Å². The predicted molar refractivity (Wildman–Crippen MR) is 75.6 cm³/mol. The van der Waals surface area contributed by atoms with Crippen LogP contribution in [-0.4, -0.2) is 42.0 Å². The van der Waals surface area contributed by atoms with Gasteiger partial charge in [0.15, 0.2) is 5.75 Å². The fourth-order valence-corrected chi connectivity index (χ4v) is 2.19. The molecule has 2 amide bonds. The molecule has 4 N–H and O–H groups in total. The number of phenols is 1. The van der Waals surface area contributed by atoms with Crippen molar-refractivity contribution in [2.75, 3.05) is 25.1 Å². The molecule has 114 valence electrons. The minimum absolute atomic E-state index is 0.0623. The lowest BCUT2D eigenvalue weighted by Gasteiger charge is -2.22. The summed E-state index contributed by atoms with van der Waals surface area (Å²) in [5.74, 6) is -1.43. The van der Waals surface area contributed by atoms with E-state index in [9.17, 15) is 14.7 Å². The van der Waals surface area contributed by atoms with E-state index in [1.165, 1.54) is 18.2 Å². The summed E-state index contributed by atoms with van der Waals surface area (Å²) in [6.45, 7) is 1.86. The van der Waals surface area contributed by atoms with E-state index in [1.54, 1.807) is 0 Å². The van der Waals surface area contributed by atoms with Gasteiger partial charge < -0.3 is 25.6 Å². The number of para-hydroxylation sites is 1. The normalized spacial score (nSPS) is 18.0. The second-order valence-corrected chi connectivity index (χ2v) is 4.93. The summed E-state index contributed by atoms with van der Waals surface area (Å²) < 4.78 is 5.32. The maximum Gasteiger partial charge on any atom is 0.339 e. The second kappa shape index (κ2) is 6.94. The number of carbonyl (C=O) groups excluding carboxylic acids is 1. The Morgan fingerprint density at radius 1 is 1.38 bits per heavy atom. The van der Waals surface area contributed by atoms with Crippen LogP contribution in [0, 0.1) is 5.92 Å². The van der Waals surface area contributed by atoms with Crippen LogP contribution in [-0.2, 0) is 4.74 Å². The van der Waals surface area contributed by atoms with Gasteiger partial charge in [-0.15, -0.1) is 0 Å². The molecule has 7 heteroatoms. The van der Waals surface area contributed by atoms with Crippen LogP contribution in [0.2, 0.25) is 0 Å². The molecule has 1 atom stereocenters. The third kappa shape index (κ3) is 4.09. The van der Waals surface area contributed by atoms with Crippen molar-refractivity contribution in [1.29, 1.82) is 0 Å². The number of aromatic hydroxyl groups is 1. The lowest BCUT2D eigenvalue weighted by Crippen LogP contribution is -2.35. The molecule has 0 bridgehead atoms. The first-order chi connectivity index (χ1) is 10.1. The van der Waals surface area contributed by atoms with E-state index in [0.29, 0.717) is 13.2 Å². The molecule has 1 saturated heterocycles. The van der Waals surface area contributed by atoms with Gasteiger partial charge >= 0.3 is 12.0 Å². The zero-order chi connectivity index (χ0) is 15.2. The average molecular weight is 294 g/mol. The van der Waals surface area contributed by atoms with Crippen molar-refractivity contribution < 1.29 is 24.5 Å². The number of anilines is 1. The molecule has 1 aromatic carbocycles. The number of urea groups is 1. The van der Waals surface area contributed by atoms with E-state index >= 15 is 0 Å². The van der Waals surface area contributed by atoms with E-state index in [1.807, 2.05) is 0 Å². The van der Waals surface area contributed by atoms with Crippen molar-refractivity contribution >= 4 is 17.7 Å². The van der Waals surface area contributed by atoms with E-state index in [-0.39, 0.29) is 17.2 Å². The van der Waals surface area contributed by atoms with Crippen LogP contribution in [0.3, 0.4) is 0 Å². The van der Waals surface area contributed by atoms with Crippen molar-refractivity contribution in [1.82, 2.24) is 5.32 Å². The number of nitrogens with one attached hydrogen (secondary N) is 2. The van der Waals surface area contributed by atoms with Gasteiger partial charge in [0, 0.05) is 13.2 Å². The van der Waals surface area contributed by atoms with Gasteiger partial charge in [-0.25, -0.2) is 9.59 Å². The van der Waals surface area contributed by atoms with Gasteiger partial charge in [-0.2, -0.15) is 0 Å². The van der Waals surface area contributed by atoms with Crippen molar-refractivity contribution in [2.45, 2.75) is 12.8 Å². The molecule has 1 fully saturated rings. The molecule has 1 aliphatic heterocycles. The standard InChI is InChI=1S/C14H18N2O5/c17-12-10(13(18)19)4-1-5-11(12)16-14(20)15-7-9-3-2-6-21-8-9/h1,4-5,9,17H,2-3,6-8H2,(H,18,19)(H2,15,16,20). The maximum absolute atomic E-state index is 11.8. The highest BCUT2D eigenvalue weighted by atomic mass is 16.5. The minimum Gasteiger partial charge on any atom is -0.505 e. The Morgan fingerprint density at radius 3 is 2.86 bits per heavy atom. The quantitative estimate of drug-likeness (QED) is 0.631. The molecule has 2 rings (SSSR count). The first kappa shape index (κ1) is 15.1. The van der Waals surface area contributed by atoms with Crippen LogP contribution in [0.5, 0.6) is 5.75 Å². The fraction of sp³-hybridized carbons (Fsp3) is 0.429. The highest BCUT2D eigenvalue weighted by Crippen LogP contribution is 2.27. The minimum atomic E-state index is -1.25. The Hall–Kier alpha value is -2.28. The topological polar surface area (TPSA) is 108 Å².